The molecule has 0 bridgehead atoms. The Morgan fingerprint density at radius 1 is 1.14 bits per heavy atom. The first kappa shape index (κ1) is 13.9. The summed E-state index contributed by atoms with van der Waals surface area (Å²) >= 11 is 1.65. The maximum absolute atomic E-state index is 5.65. The number of hydrazine groups is 1. The highest BCUT2D eigenvalue weighted by molar-refractivity contribution is 7.18. The van der Waals surface area contributed by atoms with E-state index in [1.165, 1.54) is 10.4 Å². The first-order valence-corrected chi connectivity index (χ1v) is 7.51. The fourth-order valence-electron chi connectivity index (χ4n) is 2.41. The molecule has 6 heteroatoms. The number of nitrogens with two attached hydrogens (primary N) is 1. The van der Waals surface area contributed by atoms with E-state index >= 15 is 0 Å². The van der Waals surface area contributed by atoms with E-state index in [0.717, 1.165) is 27.0 Å². The molecule has 5 nitrogen and oxygen atoms in total. The van der Waals surface area contributed by atoms with Crippen molar-refractivity contribution in [2.24, 2.45) is 5.84 Å². The Bertz CT molecular complexity index is 838. The second-order valence-electron chi connectivity index (χ2n) is 5.18. The van der Waals surface area contributed by atoms with Gasteiger partial charge >= 0.3 is 0 Å². The first-order chi connectivity index (χ1) is 10.0. The van der Waals surface area contributed by atoms with Gasteiger partial charge in [0.15, 0.2) is 11.6 Å². The lowest BCUT2D eigenvalue weighted by Crippen LogP contribution is -2.10. The summed E-state index contributed by atoms with van der Waals surface area (Å²) in [5, 5.41) is 0.994. The van der Waals surface area contributed by atoms with Crippen molar-refractivity contribution >= 4 is 27.4 Å². The van der Waals surface area contributed by atoms with Gasteiger partial charge in [0, 0.05) is 11.1 Å². The number of pyridine rings is 1. The Labute approximate surface area is 127 Å². The third-order valence-electron chi connectivity index (χ3n) is 3.59. The molecule has 3 aromatic heterocycles. The number of nitrogens with zero attached hydrogens (tertiary/aromatic N) is 3. The van der Waals surface area contributed by atoms with Crippen LogP contribution in [0.5, 0.6) is 0 Å². The van der Waals surface area contributed by atoms with E-state index in [0.29, 0.717) is 11.6 Å². The average molecular weight is 299 g/mol. The summed E-state index contributed by atoms with van der Waals surface area (Å²) < 4.78 is 0. The molecule has 0 saturated carbocycles. The van der Waals surface area contributed by atoms with Crippen molar-refractivity contribution in [2.75, 3.05) is 5.43 Å². The molecule has 3 N–H and O–H groups in total. The lowest BCUT2D eigenvalue weighted by molar-refractivity contribution is 1.13. The largest absolute Gasteiger partial charge is 0.308 e. The normalized spacial score (nSPS) is 11.1. The summed E-state index contributed by atoms with van der Waals surface area (Å²) in [5.74, 6) is 6.90. The molecule has 0 aliphatic carbocycles. The molecule has 0 spiro atoms. The van der Waals surface area contributed by atoms with E-state index in [4.69, 9.17) is 5.84 Å². The van der Waals surface area contributed by atoms with Crippen LogP contribution < -0.4 is 11.3 Å². The van der Waals surface area contributed by atoms with Gasteiger partial charge in [0.2, 0.25) is 0 Å². The molecule has 21 heavy (non-hydrogen) atoms. The molecule has 0 aliphatic rings. The Kier molecular flexibility index (Phi) is 3.35. The zero-order valence-electron chi connectivity index (χ0n) is 12.5. The van der Waals surface area contributed by atoms with Crippen molar-refractivity contribution in [3.63, 3.8) is 0 Å². The number of hydrogen-bond donors (Lipinski definition) is 2. The van der Waals surface area contributed by atoms with E-state index in [2.05, 4.69) is 40.3 Å². The number of fused-ring (bicyclic) bond motifs is 1. The molecule has 0 aromatic carbocycles. The highest BCUT2D eigenvalue weighted by Crippen LogP contribution is 2.34. The topological polar surface area (TPSA) is 76.7 Å². The fraction of sp³-hybridized carbons (Fsp3) is 0.267. The molecule has 0 unspecified atom stereocenters. The quantitative estimate of drug-likeness (QED) is 0.561. The number of nitrogen functional groups attached to an aromatic ring is 1. The number of aryl methyl sites for hydroxylation is 4. The minimum atomic E-state index is 0.606. The molecular formula is C15H17N5S. The maximum Gasteiger partial charge on any atom is 0.181 e. The Morgan fingerprint density at radius 3 is 2.57 bits per heavy atom. The van der Waals surface area contributed by atoms with Crippen molar-refractivity contribution in [2.45, 2.75) is 27.7 Å². The van der Waals surface area contributed by atoms with Crippen LogP contribution in [0.15, 0.2) is 12.3 Å². The first-order valence-electron chi connectivity index (χ1n) is 6.69. The summed E-state index contributed by atoms with van der Waals surface area (Å²) in [6, 6.07) is 2.08. The molecule has 0 aliphatic heterocycles. The third kappa shape index (κ3) is 2.26. The molecule has 0 fully saturated rings. The summed E-state index contributed by atoms with van der Waals surface area (Å²) in [7, 11) is 0. The summed E-state index contributed by atoms with van der Waals surface area (Å²) in [5.41, 5.74) is 6.84. The van der Waals surface area contributed by atoms with Gasteiger partial charge in [0.1, 0.15) is 10.5 Å². The lowest BCUT2D eigenvalue weighted by Gasteiger charge is -2.08. The molecule has 0 atom stereocenters. The number of hydrogen-bond acceptors (Lipinski definition) is 6. The molecular weight excluding hydrogens is 282 g/mol. The maximum atomic E-state index is 5.65. The van der Waals surface area contributed by atoms with Gasteiger partial charge in [-0.15, -0.1) is 11.3 Å². The average Bonchev–Trinajstić information content (AvgIpc) is 2.73. The smallest absolute Gasteiger partial charge is 0.181 e. The van der Waals surface area contributed by atoms with Crippen LogP contribution in [-0.4, -0.2) is 15.0 Å². The lowest BCUT2D eigenvalue weighted by atomic mass is 10.1. The van der Waals surface area contributed by atoms with Crippen molar-refractivity contribution in [1.82, 2.24) is 15.0 Å². The SMILES string of the molecule is Cc1cnc(-c2nc(NN)c3c(C)c(C)sc3n2)c(C)c1. The van der Waals surface area contributed by atoms with Gasteiger partial charge in [-0.05, 0) is 44.4 Å². The zero-order valence-corrected chi connectivity index (χ0v) is 13.3. The number of thiophene rings is 1. The Balaban J connectivity index is 2.29. The standard InChI is InChI=1S/C15H17N5S/c1-7-5-8(2)12(17-6-7)14-18-13(20-16)11-9(3)10(4)21-15(11)19-14/h5-6H,16H2,1-4H3,(H,18,19,20). The molecule has 3 rings (SSSR count). The second kappa shape index (κ2) is 5.05. The van der Waals surface area contributed by atoms with E-state index in [9.17, 15) is 0 Å². The van der Waals surface area contributed by atoms with Crippen molar-refractivity contribution in [3.05, 3.63) is 33.8 Å². The summed E-state index contributed by atoms with van der Waals surface area (Å²) in [4.78, 5) is 15.9. The number of anilines is 1. The summed E-state index contributed by atoms with van der Waals surface area (Å²) in [6.45, 7) is 8.18. The van der Waals surface area contributed by atoms with Gasteiger partial charge in [-0.2, -0.15) is 0 Å². The van der Waals surface area contributed by atoms with Gasteiger partial charge in [-0.1, -0.05) is 6.07 Å². The predicted molar refractivity (Wildman–Crippen MR) is 87.4 cm³/mol. The highest BCUT2D eigenvalue weighted by atomic mass is 32.1. The predicted octanol–water partition coefficient (Wildman–Crippen LogP) is 3.27. The van der Waals surface area contributed by atoms with Crippen LogP contribution in [0.2, 0.25) is 0 Å². The van der Waals surface area contributed by atoms with Gasteiger partial charge in [0.25, 0.3) is 0 Å². The van der Waals surface area contributed by atoms with Gasteiger partial charge in [-0.3, -0.25) is 4.98 Å². The number of nitrogens with one attached hydrogen (secondary N) is 1. The zero-order chi connectivity index (χ0) is 15.1. The van der Waals surface area contributed by atoms with Gasteiger partial charge < -0.3 is 5.43 Å². The minimum Gasteiger partial charge on any atom is -0.308 e. The molecule has 0 amide bonds. The summed E-state index contributed by atoms with van der Waals surface area (Å²) in [6.07, 6.45) is 1.83. The Hall–Kier alpha value is -2.05. The molecule has 108 valence electrons. The Morgan fingerprint density at radius 2 is 1.90 bits per heavy atom. The van der Waals surface area contributed by atoms with E-state index in [-0.39, 0.29) is 0 Å². The molecule has 0 radical (unpaired) electrons. The van der Waals surface area contributed by atoms with Crippen LogP contribution in [0.3, 0.4) is 0 Å². The van der Waals surface area contributed by atoms with Crippen molar-refractivity contribution in [1.29, 1.82) is 0 Å². The van der Waals surface area contributed by atoms with E-state index in [1.807, 2.05) is 20.0 Å². The van der Waals surface area contributed by atoms with Crippen LogP contribution in [0, 0.1) is 27.7 Å². The highest BCUT2D eigenvalue weighted by Gasteiger charge is 2.16. The van der Waals surface area contributed by atoms with Gasteiger partial charge in [-0.25, -0.2) is 15.8 Å². The molecule has 0 saturated heterocycles. The van der Waals surface area contributed by atoms with Crippen molar-refractivity contribution < 1.29 is 0 Å². The number of aromatic nitrogens is 3. The number of rotatable bonds is 2. The van der Waals surface area contributed by atoms with Crippen LogP contribution in [0.25, 0.3) is 21.7 Å². The minimum absolute atomic E-state index is 0.606. The van der Waals surface area contributed by atoms with Crippen LogP contribution in [0.4, 0.5) is 5.82 Å². The van der Waals surface area contributed by atoms with E-state index < -0.39 is 0 Å². The monoisotopic (exact) mass is 299 g/mol. The van der Waals surface area contributed by atoms with Crippen molar-refractivity contribution in [3.8, 4) is 11.5 Å². The second-order valence-corrected chi connectivity index (χ2v) is 6.38. The van der Waals surface area contributed by atoms with Crippen LogP contribution in [-0.2, 0) is 0 Å². The third-order valence-corrected chi connectivity index (χ3v) is 4.69. The molecule has 3 aromatic rings. The van der Waals surface area contributed by atoms with E-state index in [1.54, 1.807) is 11.3 Å². The van der Waals surface area contributed by atoms with Crippen LogP contribution in [0.1, 0.15) is 21.6 Å². The fourth-order valence-corrected chi connectivity index (χ4v) is 3.44. The van der Waals surface area contributed by atoms with Gasteiger partial charge in [0.05, 0.1) is 5.39 Å². The molecule has 3 heterocycles. The van der Waals surface area contributed by atoms with Crippen LogP contribution >= 0.6 is 11.3 Å².